The summed E-state index contributed by atoms with van der Waals surface area (Å²) < 4.78 is 0. The molecule has 0 aromatic heterocycles. The molecule has 2 rings (SSSR count). The van der Waals surface area contributed by atoms with Crippen molar-refractivity contribution >= 4 is 17.3 Å². The molecule has 2 atom stereocenters. The van der Waals surface area contributed by atoms with Gasteiger partial charge in [-0.15, -0.1) is 0 Å². The molecule has 1 amide bonds. The summed E-state index contributed by atoms with van der Waals surface area (Å²) in [7, 11) is 0. The molecule has 4 heteroatoms. The number of hydrogen-bond acceptors (Lipinski definition) is 3. The van der Waals surface area contributed by atoms with Crippen molar-refractivity contribution in [3.63, 3.8) is 0 Å². The second-order valence-corrected chi connectivity index (χ2v) is 6.02. The molecule has 1 aliphatic rings. The van der Waals surface area contributed by atoms with Crippen molar-refractivity contribution in [2.75, 3.05) is 17.6 Å². The van der Waals surface area contributed by atoms with E-state index in [0.717, 1.165) is 30.5 Å². The van der Waals surface area contributed by atoms with E-state index in [1.54, 1.807) is 18.2 Å². The number of nitrogen functional groups attached to an aromatic ring is 1. The third kappa shape index (κ3) is 3.89. The summed E-state index contributed by atoms with van der Waals surface area (Å²) in [5.74, 6) is 1.23. The zero-order valence-electron chi connectivity index (χ0n) is 12.2. The molecule has 1 saturated carbocycles. The fourth-order valence-electron chi connectivity index (χ4n) is 3.16. The monoisotopic (exact) mass is 275 g/mol. The maximum atomic E-state index is 11.4. The van der Waals surface area contributed by atoms with E-state index in [9.17, 15) is 4.79 Å². The van der Waals surface area contributed by atoms with Crippen molar-refractivity contribution in [1.82, 2.24) is 0 Å². The number of rotatable bonds is 5. The largest absolute Gasteiger partial charge is 0.399 e. The lowest BCUT2D eigenvalue weighted by Crippen LogP contribution is -2.18. The second-order valence-electron chi connectivity index (χ2n) is 6.02. The van der Waals surface area contributed by atoms with Gasteiger partial charge in [-0.3, -0.25) is 4.79 Å². The van der Waals surface area contributed by atoms with Crippen LogP contribution < -0.4 is 16.8 Å². The topological polar surface area (TPSA) is 81.1 Å². The molecule has 4 nitrogen and oxygen atoms in total. The first-order valence-electron chi connectivity index (χ1n) is 7.49. The molecule has 5 N–H and O–H groups in total. The molecule has 0 aliphatic heterocycles. The highest BCUT2D eigenvalue weighted by Gasteiger charge is 2.18. The van der Waals surface area contributed by atoms with E-state index in [2.05, 4.69) is 12.2 Å². The number of carbonyl (C=O) groups is 1. The summed E-state index contributed by atoms with van der Waals surface area (Å²) in [4.78, 5) is 11.4. The molecular formula is C16H25N3O. The van der Waals surface area contributed by atoms with Gasteiger partial charge in [-0.05, 0) is 42.9 Å². The SMILES string of the molecule is CC1CCCC(CCNc2cc(N)ccc2C(N)=O)C1. The number of nitrogens with one attached hydrogen (secondary N) is 1. The van der Waals surface area contributed by atoms with Gasteiger partial charge in [-0.1, -0.05) is 26.2 Å². The van der Waals surface area contributed by atoms with Crippen molar-refractivity contribution in [2.45, 2.75) is 39.0 Å². The van der Waals surface area contributed by atoms with Gasteiger partial charge in [0.25, 0.3) is 5.91 Å². The van der Waals surface area contributed by atoms with Gasteiger partial charge in [0.15, 0.2) is 0 Å². The van der Waals surface area contributed by atoms with Crippen LogP contribution in [0.2, 0.25) is 0 Å². The fraction of sp³-hybridized carbons (Fsp3) is 0.562. The maximum Gasteiger partial charge on any atom is 0.250 e. The summed E-state index contributed by atoms with van der Waals surface area (Å²) in [5.41, 5.74) is 13.0. The number of benzene rings is 1. The van der Waals surface area contributed by atoms with Gasteiger partial charge >= 0.3 is 0 Å². The highest BCUT2D eigenvalue weighted by Crippen LogP contribution is 2.30. The Morgan fingerprint density at radius 1 is 1.40 bits per heavy atom. The van der Waals surface area contributed by atoms with E-state index in [4.69, 9.17) is 11.5 Å². The summed E-state index contributed by atoms with van der Waals surface area (Å²) in [6.45, 7) is 3.20. The van der Waals surface area contributed by atoms with E-state index in [1.807, 2.05) is 0 Å². The summed E-state index contributed by atoms with van der Waals surface area (Å²) >= 11 is 0. The Morgan fingerprint density at radius 3 is 2.90 bits per heavy atom. The number of primary amides is 1. The zero-order valence-corrected chi connectivity index (χ0v) is 12.2. The van der Waals surface area contributed by atoms with Crippen LogP contribution in [0.3, 0.4) is 0 Å². The Morgan fingerprint density at radius 2 is 2.20 bits per heavy atom. The predicted molar refractivity (Wildman–Crippen MR) is 83.6 cm³/mol. The standard InChI is InChI=1S/C16H25N3O/c1-11-3-2-4-12(9-11)7-8-19-15-10-13(17)5-6-14(15)16(18)20/h5-6,10-12,19H,2-4,7-9,17H2,1H3,(H2,18,20). The van der Waals surface area contributed by atoms with E-state index >= 15 is 0 Å². The van der Waals surface area contributed by atoms with E-state index < -0.39 is 5.91 Å². The lowest BCUT2D eigenvalue weighted by molar-refractivity contribution is 0.100. The van der Waals surface area contributed by atoms with Crippen LogP contribution in [0.15, 0.2) is 18.2 Å². The highest BCUT2D eigenvalue weighted by molar-refractivity contribution is 5.99. The molecule has 1 fully saturated rings. The van der Waals surface area contributed by atoms with Gasteiger partial charge in [-0.25, -0.2) is 0 Å². The van der Waals surface area contributed by atoms with Crippen molar-refractivity contribution in [2.24, 2.45) is 17.6 Å². The van der Waals surface area contributed by atoms with Crippen LogP contribution in [0.5, 0.6) is 0 Å². The molecule has 1 aliphatic carbocycles. The molecule has 0 radical (unpaired) electrons. The van der Waals surface area contributed by atoms with Crippen molar-refractivity contribution in [3.8, 4) is 0 Å². The minimum absolute atomic E-state index is 0.418. The molecule has 1 aromatic carbocycles. The average molecular weight is 275 g/mol. The van der Waals surface area contributed by atoms with Gasteiger partial charge < -0.3 is 16.8 Å². The Balaban J connectivity index is 1.90. The lowest BCUT2D eigenvalue weighted by atomic mass is 9.81. The first kappa shape index (κ1) is 14.7. The fourth-order valence-corrected chi connectivity index (χ4v) is 3.16. The van der Waals surface area contributed by atoms with Crippen LogP contribution in [0.1, 0.15) is 49.4 Å². The summed E-state index contributed by atoms with van der Waals surface area (Å²) in [6.07, 6.45) is 6.49. The van der Waals surface area contributed by atoms with Crippen LogP contribution in [0, 0.1) is 11.8 Å². The Labute approximate surface area is 120 Å². The van der Waals surface area contributed by atoms with Crippen molar-refractivity contribution in [1.29, 1.82) is 0 Å². The smallest absolute Gasteiger partial charge is 0.250 e. The van der Waals surface area contributed by atoms with Gasteiger partial charge in [0.2, 0.25) is 0 Å². The number of amides is 1. The zero-order chi connectivity index (χ0) is 14.5. The molecular weight excluding hydrogens is 250 g/mol. The maximum absolute atomic E-state index is 11.4. The number of hydrogen-bond donors (Lipinski definition) is 3. The quantitative estimate of drug-likeness (QED) is 0.722. The number of carbonyl (C=O) groups excluding carboxylic acids is 1. The molecule has 0 spiro atoms. The third-order valence-electron chi connectivity index (χ3n) is 4.22. The molecule has 20 heavy (non-hydrogen) atoms. The molecule has 0 saturated heterocycles. The summed E-state index contributed by atoms with van der Waals surface area (Å²) in [5, 5.41) is 3.32. The minimum Gasteiger partial charge on any atom is -0.399 e. The predicted octanol–water partition coefficient (Wildman–Crippen LogP) is 3.00. The first-order valence-corrected chi connectivity index (χ1v) is 7.49. The van der Waals surface area contributed by atoms with Gasteiger partial charge in [0.05, 0.1) is 5.56 Å². The average Bonchev–Trinajstić information content (AvgIpc) is 2.38. The Kier molecular flexibility index (Phi) is 4.88. The third-order valence-corrected chi connectivity index (χ3v) is 4.22. The van der Waals surface area contributed by atoms with Gasteiger partial charge in [0.1, 0.15) is 0 Å². The van der Waals surface area contributed by atoms with Crippen LogP contribution in [-0.4, -0.2) is 12.5 Å². The highest BCUT2D eigenvalue weighted by atomic mass is 16.1. The molecule has 1 aromatic rings. The lowest BCUT2D eigenvalue weighted by Gasteiger charge is -2.26. The first-order chi connectivity index (χ1) is 9.56. The molecule has 0 heterocycles. The van der Waals surface area contributed by atoms with Crippen molar-refractivity contribution < 1.29 is 4.79 Å². The number of anilines is 2. The van der Waals surface area contributed by atoms with E-state index in [-0.39, 0.29) is 0 Å². The number of nitrogens with two attached hydrogens (primary N) is 2. The molecule has 0 bridgehead atoms. The van der Waals surface area contributed by atoms with Gasteiger partial charge in [0, 0.05) is 17.9 Å². The minimum atomic E-state index is -0.418. The van der Waals surface area contributed by atoms with Crippen molar-refractivity contribution in [3.05, 3.63) is 23.8 Å². The van der Waals surface area contributed by atoms with Crippen LogP contribution in [0.4, 0.5) is 11.4 Å². The molecule has 110 valence electrons. The Hall–Kier alpha value is -1.71. The Bertz CT molecular complexity index is 473. The van der Waals surface area contributed by atoms with Crippen LogP contribution in [-0.2, 0) is 0 Å². The molecule has 2 unspecified atom stereocenters. The van der Waals surface area contributed by atoms with Crippen LogP contribution >= 0.6 is 0 Å². The van der Waals surface area contributed by atoms with E-state index in [1.165, 1.54) is 25.7 Å². The van der Waals surface area contributed by atoms with Gasteiger partial charge in [-0.2, -0.15) is 0 Å². The summed E-state index contributed by atoms with van der Waals surface area (Å²) in [6, 6.07) is 5.17. The second kappa shape index (κ2) is 6.64. The normalized spacial score (nSPS) is 22.4. The van der Waals surface area contributed by atoms with Crippen LogP contribution in [0.25, 0.3) is 0 Å². The van der Waals surface area contributed by atoms with E-state index in [0.29, 0.717) is 11.3 Å².